The van der Waals surface area contributed by atoms with Crippen molar-refractivity contribution in [1.82, 2.24) is 14.4 Å². The Morgan fingerprint density at radius 2 is 1.61 bits per heavy atom. The zero-order chi connectivity index (χ0) is 27.5. The van der Waals surface area contributed by atoms with Gasteiger partial charge in [-0.1, -0.05) is 50.1 Å². The number of ether oxygens (including phenoxy) is 2. The molecule has 0 bridgehead atoms. The van der Waals surface area contributed by atoms with Crippen LogP contribution >= 0.6 is 0 Å². The van der Waals surface area contributed by atoms with Gasteiger partial charge in [-0.25, -0.2) is 0 Å². The Hall–Kier alpha value is -3.74. The van der Waals surface area contributed by atoms with Gasteiger partial charge in [-0.05, 0) is 49.6 Å². The van der Waals surface area contributed by atoms with E-state index in [1.165, 1.54) is 11.1 Å². The predicted molar refractivity (Wildman–Crippen MR) is 151 cm³/mol. The van der Waals surface area contributed by atoms with E-state index < -0.39 is 0 Å². The van der Waals surface area contributed by atoms with Gasteiger partial charge in [0.2, 0.25) is 5.91 Å². The van der Waals surface area contributed by atoms with Crippen molar-refractivity contribution in [3.05, 3.63) is 83.2 Å². The van der Waals surface area contributed by atoms with Crippen LogP contribution in [0.15, 0.2) is 60.8 Å². The summed E-state index contributed by atoms with van der Waals surface area (Å²) in [7, 11) is 3.10. The molecule has 7 heteroatoms. The number of rotatable bonds is 14. The molecule has 7 nitrogen and oxygen atoms in total. The van der Waals surface area contributed by atoms with Crippen LogP contribution in [0.3, 0.4) is 0 Å². The third-order valence-electron chi connectivity index (χ3n) is 6.55. The summed E-state index contributed by atoms with van der Waals surface area (Å²) in [6, 6.07) is 17.7. The third kappa shape index (κ3) is 7.88. The van der Waals surface area contributed by atoms with E-state index in [-0.39, 0.29) is 18.4 Å². The van der Waals surface area contributed by atoms with E-state index in [9.17, 15) is 9.59 Å². The van der Waals surface area contributed by atoms with Crippen molar-refractivity contribution in [3.63, 3.8) is 0 Å². The van der Waals surface area contributed by atoms with Crippen molar-refractivity contribution in [3.8, 4) is 11.5 Å². The SMILES string of the molecule is CCCCN(Cc1cccn1Cc1cccc(C)c1)C(=O)CN(CCC)C(=O)c1cc(OC)cc(OC)c1. The summed E-state index contributed by atoms with van der Waals surface area (Å²) in [6.07, 6.45) is 4.69. The van der Waals surface area contributed by atoms with Gasteiger partial charge in [-0.3, -0.25) is 9.59 Å². The van der Waals surface area contributed by atoms with Gasteiger partial charge in [-0.15, -0.1) is 0 Å². The molecule has 38 heavy (non-hydrogen) atoms. The summed E-state index contributed by atoms with van der Waals surface area (Å²) in [5.41, 5.74) is 3.96. The molecule has 0 radical (unpaired) electrons. The van der Waals surface area contributed by atoms with Crippen LogP contribution in [0.4, 0.5) is 0 Å². The van der Waals surface area contributed by atoms with Crippen molar-refractivity contribution in [2.24, 2.45) is 0 Å². The van der Waals surface area contributed by atoms with Crippen LogP contribution in [0, 0.1) is 6.92 Å². The lowest BCUT2D eigenvalue weighted by Gasteiger charge is -2.28. The molecule has 2 aromatic carbocycles. The van der Waals surface area contributed by atoms with Gasteiger partial charge >= 0.3 is 0 Å². The Labute approximate surface area is 227 Å². The standard InChI is InChI=1S/C31H41N3O4/c1-6-8-15-33(22-27-13-10-16-32(27)21-25-12-9-11-24(3)17-25)30(35)23-34(14-7-2)31(36)26-18-28(37-4)20-29(19-26)38-5/h9-13,16-20H,6-8,14-15,21-23H2,1-5H3. The molecule has 0 spiro atoms. The lowest BCUT2D eigenvalue weighted by atomic mass is 10.1. The number of benzene rings is 2. The lowest BCUT2D eigenvalue weighted by Crippen LogP contribution is -2.43. The summed E-state index contributed by atoms with van der Waals surface area (Å²) in [5.74, 6) is 0.804. The van der Waals surface area contributed by atoms with Crippen molar-refractivity contribution in [2.75, 3.05) is 33.9 Å². The number of hydrogen-bond donors (Lipinski definition) is 0. The quantitative estimate of drug-likeness (QED) is 0.280. The van der Waals surface area contributed by atoms with Crippen LogP contribution in [0.2, 0.25) is 0 Å². The Morgan fingerprint density at radius 1 is 0.868 bits per heavy atom. The van der Waals surface area contributed by atoms with E-state index in [1.807, 2.05) is 17.9 Å². The average Bonchev–Trinajstić information content (AvgIpc) is 3.36. The van der Waals surface area contributed by atoms with Gasteiger partial charge in [0.05, 0.1) is 20.8 Å². The number of amides is 2. The van der Waals surface area contributed by atoms with Crippen LogP contribution in [0.1, 0.15) is 60.3 Å². The Bertz CT molecular complexity index is 1180. The second-order valence-corrected chi connectivity index (χ2v) is 9.61. The smallest absolute Gasteiger partial charge is 0.254 e. The summed E-state index contributed by atoms with van der Waals surface area (Å²) >= 11 is 0. The number of methoxy groups -OCH3 is 2. The third-order valence-corrected chi connectivity index (χ3v) is 6.55. The molecule has 0 unspecified atom stereocenters. The summed E-state index contributed by atoms with van der Waals surface area (Å²) < 4.78 is 12.9. The summed E-state index contributed by atoms with van der Waals surface area (Å²) in [4.78, 5) is 30.6. The Balaban J connectivity index is 1.79. The van der Waals surface area contributed by atoms with Crippen molar-refractivity contribution >= 4 is 11.8 Å². The molecular formula is C31H41N3O4. The number of carbonyl (C=O) groups excluding carboxylic acids is 2. The fraction of sp³-hybridized carbons (Fsp3) is 0.419. The van der Waals surface area contributed by atoms with Crippen molar-refractivity contribution < 1.29 is 19.1 Å². The van der Waals surface area contributed by atoms with Crippen molar-refractivity contribution in [2.45, 2.75) is 53.1 Å². The minimum Gasteiger partial charge on any atom is -0.497 e. The number of aryl methyl sites for hydroxylation is 1. The predicted octanol–water partition coefficient (Wildman–Crippen LogP) is 5.54. The molecule has 0 atom stereocenters. The van der Waals surface area contributed by atoms with E-state index in [0.29, 0.717) is 36.7 Å². The maximum Gasteiger partial charge on any atom is 0.254 e. The highest BCUT2D eigenvalue weighted by Crippen LogP contribution is 2.24. The first-order valence-corrected chi connectivity index (χ1v) is 13.4. The maximum absolute atomic E-state index is 13.6. The normalized spacial score (nSPS) is 10.8. The molecular weight excluding hydrogens is 478 g/mol. The number of aromatic nitrogens is 1. The highest BCUT2D eigenvalue weighted by atomic mass is 16.5. The monoisotopic (exact) mass is 519 g/mol. The molecule has 3 rings (SSSR count). The van der Waals surface area contributed by atoms with Crippen molar-refractivity contribution in [1.29, 1.82) is 0 Å². The Kier molecular flexibility index (Phi) is 10.8. The van der Waals surface area contributed by atoms with Gasteiger partial charge in [0, 0.05) is 43.2 Å². The maximum atomic E-state index is 13.6. The van der Waals surface area contributed by atoms with E-state index >= 15 is 0 Å². The minimum atomic E-state index is -0.212. The fourth-order valence-corrected chi connectivity index (χ4v) is 4.49. The average molecular weight is 520 g/mol. The van der Waals surface area contributed by atoms with Crippen LogP contribution in [0.25, 0.3) is 0 Å². The highest BCUT2D eigenvalue weighted by Gasteiger charge is 2.23. The van der Waals surface area contributed by atoms with E-state index in [0.717, 1.165) is 31.5 Å². The first-order chi connectivity index (χ1) is 18.4. The Morgan fingerprint density at radius 3 is 2.24 bits per heavy atom. The highest BCUT2D eigenvalue weighted by molar-refractivity contribution is 5.97. The molecule has 0 aliphatic carbocycles. The van der Waals surface area contributed by atoms with Gasteiger partial charge in [0.25, 0.3) is 5.91 Å². The molecule has 1 heterocycles. The zero-order valence-electron chi connectivity index (χ0n) is 23.4. The molecule has 0 aliphatic heterocycles. The topological polar surface area (TPSA) is 64.0 Å². The van der Waals surface area contributed by atoms with Gasteiger partial charge < -0.3 is 23.8 Å². The first-order valence-electron chi connectivity index (χ1n) is 13.4. The van der Waals surface area contributed by atoms with E-state index in [2.05, 4.69) is 54.9 Å². The summed E-state index contributed by atoms with van der Waals surface area (Å²) in [5, 5.41) is 0. The van der Waals surface area contributed by atoms with Crippen LogP contribution in [-0.4, -0.2) is 60.0 Å². The molecule has 1 aromatic heterocycles. The van der Waals surface area contributed by atoms with Gasteiger partial charge in [0.15, 0.2) is 0 Å². The molecule has 3 aromatic rings. The second-order valence-electron chi connectivity index (χ2n) is 9.61. The fourth-order valence-electron chi connectivity index (χ4n) is 4.49. The largest absolute Gasteiger partial charge is 0.497 e. The number of hydrogen-bond acceptors (Lipinski definition) is 4. The molecule has 0 N–H and O–H groups in total. The summed E-state index contributed by atoms with van der Waals surface area (Å²) in [6.45, 7) is 8.61. The molecule has 0 saturated carbocycles. The molecule has 0 saturated heterocycles. The molecule has 204 valence electrons. The first kappa shape index (κ1) is 28.8. The van der Waals surface area contributed by atoms with Gasteiger partial charge in [-0.2, -0.15) is 0 Å². The van der Waals surface area contributed by atoms with Crippen LogP contribution in [-0.2, 0) is 17.9 Å². The lowest BCUT2D eigenvalue weighted by molar-refractivity contribution is -0.132. The minimum absolute atomic E-state index is 0.0223. The van der Waals surface area contributed by atoms with Crippen LogP contribution in [0.5, 0.6) is 11.5 Å². The molecule has 2 amide bonds. The number of unbranched alkanes of at least 4 members (excludes halogenated alkanes) is 1. The molecule has 0 aliphatic rings. The van der Waals surface area contributed by atoms with E-state index in [1.54, 1.807) is 37.3 Å². The van der Waals surface area contributed by atoms with E-state index in [4.69, 9.17) is 9.47 Å². The molecule has 0 fully saturated rings. The van der Waals surface area contributed by atoms with Crippen LogP contribution < -0.4 is 9.47 Å². The van der Waals surface area contributed by atoms with Gasteiger partial charge in [0.1, 0.15) is 18.0 Å². The number of carbonyl (C=O) groups is 2. The second kappa shape index (κ2) is 14.3. The number of nitrogens with zero attached hydrogens (tertiary/aromatic N) is 3. The zero-order valence-corrected chi connectivity index (χ0v) is 23.4.